The summed E-state index contributed by atoms with van der Waals surface area (Å²) in [5.41, 5.74) is 0.866. The number of aromatic nitrogens is 4. The van der Waals surface area contributed by atoms with Gasteiger partial charge in [-0.2, -0.15) is 14.6 Å². The monoisotopic (exact) mass is 561 g/mol. The SMILES string of the molecule is O=C1c2cnc3ncnn3c2C2OC3(C(=O)c4ccccc4C3=O)C(c3cccc(Cl)c3)C2N1Cc1ccccc1. The number of benzene rings is 3. The molecule has 1 aliphatic carbocycles. The molecule has 3 unspecified atom stereocenters. The average Bonchev–Trinajstić information content (AvgIpc) is 3.67. The number of hydrogen-bond donors (Lipinski definition) is 0. The summed E-state index contributed by atoms with van der Waals surface area (Å²) in [7, 11) is 0. The molecule has 2 aromatic heterocycles. The maximum atomic E-state index is 14.4. The van der Waals surface area contributed by atoms with E-state index in [1.807, 2.05) is 36.4 Å². The third kappa shape index (κ3) is 3.21. The quantitative estimate of drug-likeness (QED) is 0.299. The Balaban J connectivity index is 1.42. The van der Waals surface area contributed by atoms with E-state index in [0.29, 0.717) is 27.4 Å². The fraction of sp³-hybridized carbons (Fsp3) is 0.161. The number of rotatable bonds is 3. The van der Waals surface area contributed by atoms with Crippen molar-refractivity contribution < 1.29 is 19.1 Å². The van der Waals surface area contributed by atoms with Crippen LogP contribution in [0.25, 0.3) is 5.78 Å². The first kappa shape index (κ1) is 24.1. The lowest BCUT2D eigenvalue weighted by atomic mass is 9.73. The van der Waals surface area contributed by atoms with Crippen LogP contribution < -0.4 is 0 Å². The predicted molar refractivity (Wildman–Crippen MR) is 147 cm³/mol. The fourth-order valence-corrected chi connectivity index (χ4v) is 6.90. The van der Waals surface area contributed by atoms with Crippen molar-refractivity contribution in [3.8, 4) is 0 Å². The summed E-state index contributed by atoms with van der Waals surface area (Å²) in [6.45, 7) is 0.224. The smallest absolute Gasteiger partial charge is 0.258 e. The summed E-state index contributed by atoms with van der Waals surface area (Å²) >= 11 is 6.47. The van der Waals surface area contributed by atoms with Crippen LogP contribution in [0.3, 0.4) is 0 Å². The Kier molecular flexibility index (Phi) is 5.07. The highest BCUT2D eigenvalue weighted by Crippen LogP contribution is 2.58. The van der Waals surface area contributed by atoms with Crippen LogP contribution in [0, 0.1) is 0 Å². The number of carbonyl (C=O) groups is 3. The van der Waals surface area contributed by atoms with Gasteiger partial charge in [0.05, 0.1) is 23.2 Å². The highest BCUT2D eigenvalue weighted by atomic mass is 35.5. The molecule has 4 heterocycles. The van der Waals surface area contributed by atoms with Gasteiger partial charge in [0.15, 0.2) is 0 Å². The highest BCUT2D eigenvalue weighted by molar-refractivity contribution is 6.33. The fourth-order valence-electron chi connectivity index (χ4n) is 6.71. The van der Waals surface area contributed by atoms with Crippen LogP contribution in [0.4, 0.5) is 0 Å². The molecule has 41 heavy (non-hydrogen) atoms. The Morgan fingerprint density at radius 2 is 1.59 bits per heavy atom. The number of ketones is 2. The Morgan fingerprint density at radius 1 is 0.854 bits per heavy atom. The van der Waals surface area contributed by atoms with E-state index in [0.717, 1.165) is 5.56 Å². The van der Waals surface area contributed by atoms with Gasteiger partial charge in [-0.15, -0.1) is 0 Å². The maximum Gasteiger partial charge on any atom is 0.258 e. The molecule has 2 aliphatic heterocycles. The van der Waals surface area contributed by atoms with E-state index in [2.05, 4.69) is 15.1 Å². The number of carbonyl (C=O) groups excluding carboxylic acids is 3. The first-order valence-corrected chi connectivity index (χ1v) is 13.5. The molecule has 0 bridgehead atoms. The van der Waals surface area contributed by atoms with Crippen LogP contribution >= 0.6 is 11.6 Å². The van der Waals surface area contributed by atoms with Crippen LogP contribution in [0.15, 0.2) is 91.4 Å². The third-order valence-corrected chi connectivity index (χ3v) is 8.60. The van der Waals surface area contributed by atoms with E-state index in [1.54, 1.807) is 47.4 Å². The first-order chi connectivity index (χ1) is 20.0. The molecule has 200 valence electrons. The van der Waals surface area contributed by atoms with E-state index in [9.17, 15) is 14.4 Å². The largest absolute Gasteiger partial charge is 0.346 e. The second-order valence-electron chi connectivity index (χ2n) is 10.4. The number of Topliss-reactive ketones (excluding diaryl/α,β-unsaturated/α-hetero) is 2. The first-order valence-electron chi connectivity index (χ1n) is 13.1. The predicted octanol–water partition coefficient (Wildman–Crippen LogP) is 4.48. The molecule has 1 saturated heterocycles. The van der Waals surface area contributed by atoms with Crippen molar-refractivity contribution in [1.82, 2.24) is 24.5 Å². The van der Waals surface area contributed by atoms with Gasteiger partial charge in [0.2, 0.25) is 17.2 Å². The molecule has 0 saturated carbocycles. The highest BCUT2D eigenvalue weighted by Gasteiger charge is 2.70. The Hall–Kier alpha value is -4.73. The van der Waals surface area contributed by atoms with Gasteiger partial charge in [-0.3, -0.25) is 14.4 Å². The lowest BCUT2D eigenvalue weighted by Crippen LogP contribution is -2.52. The second kappa shape index (κ2) is 8.63. The summed E-state index contributed by atoms with van der Waals surface area (Å²) in [6, 6.07) is 22.6. The number of hydrogen-bond acceptors (Lipinski definition) is 7. The molecule has 3 aromatic carbocycles. The second-order valence-corrected chi connectivity index (χ2v) is 10.9. The van der Waals surface area contributed by atoms with Crippen molar-refractivity contribution in [2.24, 2.45) is 0 Å². The van der Waals surface area contributed by atoms with Gasteiger partial charge in [-0.1, -0.05) is 78.3 Å². The normalized spacial score (nSPS) is 22.3. The molecule has 1 amide bonds. The van der Waals surface area contributed by atoms with Gasteiger partial charge >= 0.3 is 0 Å². The van der Waals surface area contributed by atoms with Crippen molar-refractivity contribution in [2.45, 2.75) is 30.2 Å². The van der Waals surface area contributed by atoms with Crippen LogP contribution in [0.1, 0.15) is 59.9 Å². The summed E-state index contributed by atoms with van der Waals surface area (Å²) in [4.78, 5) is 53.3. The van der Waals surface area contributed by atoms with E-state index in [-0.39, 0.29) is 23.8 Å². The molecule has 3 atom stereocenters. The number of fused-ring (bicyclic) bond motifs is 6. The number of nitrogens with zero attached hydrogens (tertiary/aromatic N) is 5. The number of amides is 1. The van der Waals surface area contributed by atoms with Gasteiger partial charge in [-0.05, 0) is 23.3 Å². The number of halogens is 1. The van der Waals surface area contributed by atoms with E-state index < -0.39 is 35.2 Å². The Morgan fingerprint density at radius 3 is 2.32 bits per heavy atom. The molecule has 1 spiro atoms. The van der Waals surface area contributed by atoms with Crippen molar-refractivity contribution in [3.63, 3.8) is 0 Å². The van der Waals surface area contributed by atoms with E-state index >= 15 is 0 Å². The van der Waals surface area contributed by atoms with E-state index in [1.165, 1.54) is 17.0 Å². The van der Waals surface area contributed by atoms with E-state index in [4.69, 9.17) is 16.3 Å². The molecule has 0 N–H and O–H groups in total. The van der Waals surface area contributed by atoms with Crippen molar-refractivity contribution in [3.05, 3.63) is 130 Å². The minimum atomic E-state index is -1.92. The molecule has 10 heteroatoms. The molecule has 1 fully saturated rings. The van der Waals surface area contributed by atoms with Gasteiger partial charge in [0, 0.05) is 28.9 Å². The summed E-state index contributed by atoms with van der Waals surface area (Å²) in [6.07, 6.45) is 1.91. The third-order valence-electron chi connectivity index (χ3n) is 8.36. The number of ether oxygens (including phenoxy) is 1. The molecule has 9 nitrogen and oxygen atoms in total. The zero-order valence-corrected chi connectivity index (χ0v) is 22.1. The van der Waals surface area contributed by atoms with Gasteiger partial charge in [0.1, 0.15) is 12.4 Å². The van der Waals surface area contributed by atoms with Gasteiger partial charge in [-0.25, -0.2) is 4.98 Å². The maximum absolute atomic E-state index is 14.4. The summed E-state index contributed by atoms with van der Waals surface area (Å²) < 4.78 is 8.26. The van der Waals surface area contributed by atoms with Crippen LogP contribution in [-0.2, 0) is 11.3 Å². The van der Waals surface area contributed by atoms with Crippen molar-refractivity contribution >= 4 is 34.9 Å². The van der Waals surface area contributed by atoms with Crippen molar-refractivity contribution in [1.29, 1.82) is 0 Å². The Bertz CT molecular complexity index is 1890. The molecule has 5 aromatic rings. The minimum absolute atomic E-state index is 0.224. The zero-order chi connectivity index (χ0) is 27.9. The summed E-state index contributed by atoms with van der Waals surface area (Å²) in [5, 5.41) is 4.78. The van der Waals surface area contributed by atoms with Gasteiger partial charge in [0.25, 0.3) is 11.7 Å². The Labute approximate surface area is 238 Å². The lowest BCUT2D eigenvalue weighted by molar-refractivity contribution is -0.0248. The topological polar surface area (TPSA) is 107 Å². The zero-order valence-electron chi connectivity index (χ0n) is 21.3. The average molecular weight is 562 g/mol. The molecule has 8 rings (SSSR count). The standard InChI is InChI=1S/C31H20ClN5O4/c32-19-10-6-9-18(13-19)23-25-26(41-31(23)27(38)20-11-4-5-12-21(20)28(31)39)24-22(14-33-30-34-16-35-37(24)30)29(40)36(25)15-17-7-2-1-3-8-17/h1-14,16,23,25-26H,15H2. The van der Waals surface area contributed by atoms with Crippen LogP contribution in [0.2, 0.25) is 5.02 Å². The lowest BCUT2D eigenvalue weighted by Gasteiger charge is -2.40. The van der Waals surface area contributed by atoms with Crippen LogP contribution in [-0.4, -0.2) is 53.6 Å². The van der Waals surface area contributed by atoms with Crippen LogP contribution in [0.5, 0.6) is 0 Å². The minimum Gasteiger partial charge on any atom is -0.346 e. The van der Waals surface area contributed by atoms with Crippen molar-refractivity contribution in [2.75, 3.05) is 0 Å². The molecular formula is C31H20ClN5O4. The molecule has 0 radical (unpaired) electrons. The molecular weight excluding hydrogens is 542 g/mol. The van der Waals surface area contributed by atoms with Gasteiger partial charge < -0.3 is 9.64 Å². The summed E-state index contributed by atoms with van der Waals surface area (Å²) in [5.74, 6) is -1.77. The molecule has 3 aliphatic rings.